The zero-order valence-corrected chi connectivity index (χ0v) is 17.2. The first-order valence-electron chi connectivity index (χ1n) is 10.00. The Labute approximate surface area is 176 Å². The number of ether oxygens (including phenoxy) is 2. The average molecular weight is 403 g/mol. The van der Waals surface area contributed by atoms with Crippen molar-refractivity contribution < 1.29 is 19.1 Å². The molecule has 1 fully saturated rings. The van der Waals surface area contributed by atoms with E-state index in [0.717, 1.165) is 17.0 Å². The van der Waals surface area contributed by atoms with Crippen LogP contribution in [0.5, 0.6) is 5.75 Å². The molecule has 1 heterocycles. The van der Waals surface area contributed by atoms with Crippen molar-refractivity contribution in [2.24, 2.45) is 0 Å². The number of nitrogens with zero attached hydrogens (tertiary/aromatic N) is 1. The van der Waals surface area contributed by atoms with E-state index < -0.39 is 0 Å². The van der Waals surface area contributed by atoms with Crippen LogP contribution in [-0.2, 0) is 14.4 Å². The summed E-state index contributed by atoms with van der Waals surface area (Å²) in [4.78, 5) is 18.0. The van der Waals surface area contributed by atoms with Crippen molar-refractivity contribution in [3.05, 3.63) is 84.4 Å². The second-order valence-corrected chi connectivity index (χ2v) is 7.27. The minimum Gasteiger partial charge on any atom is -0.497 e. The topological polar surface area (TPSA) is 48.0 Å². The molecule has 0 bridgehead atoms. The molecule has 0 N–H and O–H groups in total. The van der Waals surface area contributed by atoms with E-state index in [1.165, 1.54) is 18.2 Å². The quantitative estimate of drug-likeness (QED) is 0.531. The first-order valence-corrected chi connectivity index (χ1v) is 10.00. The number of hydroxylamine groups is 1. The van der Waals surface area contributed by atoms with E-state index in [2.05, 4.69) is 36.4 Å². The van der Waals surface area contributed by atoms with Gasteiger partial charge in [-0.05, 0) is 41.0 Å². The molecule has 1 aliphatic heterocycles. The summed E-state index contributed by atoms with van der Waals surface area (Å²) in [5.74, 6) is 0.516. The van der Waals surface area contributed by atoms with Crippen LogP contribution in [0.4, 0.5) is 5.69 Å². The van der Waals surface area contributed by atoms with Crippen LogP contribution in [0, 0.1) is 0 Å². The molecule has 5 heteroatoms. The standard InChI is InChI=1S/C25H25NO4/c1-28-22-14-12-21(13-15-22)26-24(16-23(30-26)17-25(27)29-2)20-10-8-19(9-11-20)18-6-4-3-5-7-18/h3-15,23-24H,16-17H2,1-2H3. The number of esters is 1. The second-order valence-electron chi connectivity index (χ2n) is 7.27. The average Bonchev–Trinajstić information content (AvgIpc) is 3.23. The highest BCUT2D eigenvalue weighted by Gasteiger charge is 2.36. The molecule has 3 aromatic rings. The van der Waals surface area contributed by atoms with Crippen molar-refractivity contribution in [1.82, 2.24) is 0 Å². The molecular formula is C25H25NO4. The Hall–Kier alpha value is -3.31. The largest absolute Gasteiger partial charge is 0.497 e. The lowest BCUT2D eigenvalue weighted by Crippen LogP contribution is -2.22. The molecular weight excluding hydrogens is 378 g/mol. The van der Waals surface area contributed by atoms with Gasteiger partial charge < -0.3 is 9.47 Å². The van der Waals surface area contributed by atoms with Gasteiger partial charge in [-0.3, -0.25) is 9.63 Å². The first-order chi connectivity index (χ1) is 14.7. The van der Waals surface area contributed by atoms with E-state index in [0.29, 0.717) is 6.42 Å². The summed E-state index contributed by atoms with van der Waals surface area (Å²) in [5.41, 5.74) is 4.40. The Morgan fingerprint density at radius 1 is 0.933 bits per heavy atom. The highest BCUT2D eigenvalue weighted by molar-refractivity contribution is 5.70. The maximum absolute atomic E-state index is 11.8. The van der Waals surface area contributed by atoms with Crippen LogP contribution in [0.2, 0.25) is 0 Å². The normalized spacial score (nSPS) is 18.3. The molecule has 3 aromatic carbocycles. The first kappa shape index (κ1) is 20.0. The third-order valence-corrected chi connectivity index (χ3v) is 5.38. The van der Waals surface area contributed by atoms with Crippen molar-refractivity contribution in [2.75, 3.05) is 19.3 Å². The number of hydrogen-bond donors (Lipinski definition) is 0. The van der Waals surface area contributed by atoms with Gasteiger partial charge in [0.15, 0.2) is 0 Å². The van der Waals surface area contributed by atoms with Gasteiger partial charge >= 0.3 is 5.97 Å². The maximum Gasteiger partial charge on any atom is 0.308 e. The number of hydrogen-bond acceptors (Lipinski definition) is 5. The van der Waals surface area contributed by atoms with Gasteiger partial charge in [0.1, 0.15) is 5.75 Å². The molecule has 0 aliphatic carbocycles. The van der Waals surface area contributed by atoms with Crippen LogP contribution in [-0.4, -0.2) is 26.3 Å². The van der Waals surface area contributed by atoms with E-state index in [-0.39, 0.29) is 24.5 Å². The molecule has 4 rings (SSSR count). The molecule has 30 heavy (non-hydrogen) atoms. The molecule has 0 aromatic heterocycles. The zero-order chi connectivity index (χ0) is 20.9. The highest BCUT2D eigenvalue weighted by atomic mass is 16.7. The van der Waals surface area contributed by atoms with E-state index in [9.17, 15) is 4.79 Å². The highest BCUT2D eigenvalue weighted by Crippen LogP contribution is 2.40. The predicted molar refractivity (Wildman–Crippen MR) is 116 cm³/mol. The lowest BCUT2D eigenvalue weighted by atomic mass is 9.97. The van der Waals surface area contributed by atoms with Gasteiger partial charge in [0.2, 0.25) is 0 Å². The fourth-order valence-corrected chi connectivity index (χ4v) is 3.78. The Balaban J connectivity index is 1.61. The van der Waals surface area contributed by atoms with Crippen molar-refractivity contribution >= 4 is 11.7 Å². The number of rotatable bonds is 6. The number of methoxy groups -OCH3 is 2. The minimum absolute atomic E-state index is 0.00197. The third kappa shape index (κ3) is 4.31. The predicted octanol–water partition coefficient (Wildman–Crippen LogP) is 5.18. The number of anilines is 1. The fraction of sp³-hybridized carbons (Fsp3) is 0.240. The maximum atomic E-state index is 11.8. The van der Waals surface area contributed by atoms with Crippen LogP contribution in [0.3, 0.4) is 0 Å². The fourth-order valence-electron chi connectivity index (χ4n) is 3.78. The van der Waals surface area contributed by atoms with Gasteiger partial charge in [0.25, 0.3) is 0 Å². The SMILES string of the molecule is COC(=O)CC1CC(c2ccc(-c3ccccc3)cc2)N(c2ccc(OC)cc2)O1. The van der Waals surface area contributed by atoms with Gasteiger partial charge in [0.05, 0.1) is 38.5 Å². The molecule has 2 atom stereocenters. The van der Waals surface area contributed by atoms with E-state index in [1.54, 1.807) is 7.11 Å². The molecule has 1 aliphatic rings. The lowest BCUT2D eigenvalue weighted by molar-refractivity contribution is -0.143. The van der Waals surface area contributed by atoms with E-state index in [1.807, 2.05) is 47.5 Å². The molecule has 1 saturated heterocycles. The van der Waals surface area contributed by atoms with Crippen molar-refractivity contribution in [2.45, 2.75) is 25.0 Å². The molecule has 154 valence electrons. The molecule has 0 spiro atoms. The summed E-state index contributed by atoms with van der Waals surface area (Å²) in [7, 11) is 3.04. The van der Waals surface area contributed by atoms with E-state index >= 15 is 0 Å². The van der Waals surface area contributed by atoms with Gasteiger partial charge in [0, 0.05) is 6.42 Å². The van der Waals surface area contributed by atoms with Gasteiger partial charge in [-0.25, -0.2) is 5.06 Å². The van der Waals surface area contributed by atoms with Crippen molar-refractivity contribution in [3.63, 3.8) is 0 Å². The Morgan fingerprint density at radius 3 is 2.23 bits per heavy atom. The summed E-state index contributed by atoms with van der Waals surface area (Å²) >= 11 is 0. The summed E-state index contributed by atoms with van der Waals surface area (Å²) in [6.07, 6.45) is 0.687. The number of benzene rings is 3. The zero-order valence-electron chi connectivity index (χ0n) is 17.2. The van der Waals surface area contributed by atoms with Crippen LogP contribution >= 0.6 is 0 Å². The molecule has 5 nitrogen and oxygen atoms in total. The molecule has 0 amide bonds. The summed E-state index contributed by atoms with van der Waals surface area (Å²) in [6, 6.07) is 26.6. The summed E-state index contributed by atoms with van der Waals surface area (Å²) < 4.78 is 10.1. The van der Waals surface area contributed by atoms with Gasteiger partial charge in [-0.2, -0.15) is 0 Å². The smallest absolute Gasteiger partial charge is 0.308 e. The number of carbonyl (C=O) groups is 1. The Kier molecular flexibility index (Phi) is 6.00. The van der Waals surface area contributed by atoms with Crippen molar-refractivity contribution in [3.8, 4) is 16.9 Å². The van der Waals surface area contributed by atoms with Crippen LogP contribution in [0.25, 0.3) is 11.1 Å². The monoisotopic (exact) mass is 403 g/mol. The number of carbonyl (C=O) groups excluding carboxylic acids is 1. The summed E-state index contributed by atoms with van der Waals surface area (Å²) in [5, 5.41) is 1.89. The van der Waals surface area contributed by atoms with Crippen LogP contribution in [0.15, 0.2) is 78.9 Å². The van der Waals surface area contributed by atoms with Crippen LogP contribution in [0.1, 0.15) is 24.4 Å². The Morgan fingerprint density at radius 2 is 1.60 bits per heavy atom. The second kappa shape index (κ2) is 9.01. The lowest BCUT2D eigenvalue weighted by Gasteiger charge is -2.25. The Bertz CT molecular complexity index is 970. The molecule has 0 saturated carbocycles. The molecule has 2 unspecified atom stereocenters. The van der Waals surface area contributed by atoms with Crippen molar-refractivity contribution in [1.29, 1.82) is 0 Å². The minimum atomic E-state index is -0.269. The third-order valence-electron chi connectivity index (χ3n) is 5.38. The van der Waals surface area contributed by atoms with Gasteiger partial charge in [-0.1, -0.05) is 54.6 Å². The van der Waals surface area contributed by atoms with Gasteiger partial charge in [-0.15, -0.1) is 0 Å². The summed E-state index contributed by atoms with van der Waals surface area (Å²) in [6.45, 7) is 0. The van der Waals surface area contributed by atoms with E-state index in [4.69, 9.17) is 14.3 Å². The molecule has 0 radical (unpaired) electrons. The van der Waals surface area contributed by atoms with Crippen LogP contribution < -0.4 is 9.80 Å².